The maximum Gasteiger partial charge on any atom is 0.242 e. The minimum atomic E-state index is -0.553. The minimum Gasteiger partial charge on any atom is -0.503 e. The van der Waals surface area contributed by atoms with Gasteiger partial charge in [0.05, 0.1) is 11.3 Å². The fourth-order valence-corrected chi connectivity index (χ4v) is 3.81. The molecule has 0 saturated heterocycles. The van der Waals surface area contributed by atoms with Crippen molar-refractivity contribution in [2.75, 3.05) is 0 Å². The summed E-state index contributed by atoms with van der Waals surface area (Å²) in [5.74, 6) is -1.97. The maximum atomic E-state index is 13.4. The third-order valence-corrected chi connectivity index (χ3v) is 5.47. The van der Waals surface area contributed by atoms with Gasteiger partial charge in [-0.25, -0.2) is 9.37 Å². The van der Waals surface area contributed by atoms with Gasteiger partial charge in [0, 0.05) is 21.6 Å². The number of hydrogen-bond donors (Lipinski definition) is 2. The number of nitrogens with zero attached hydrogens (tertiary/aromatic N) is 2. The largest absolute Gasteiger partial charge is 0.503 e. The van der Waals surface area contributed by atoms with Crippen molar-refractivity contribution < 1.29 is 19.4 Å². The second-order valence-electron chi connectivity index (χ2n) is 5.89. The van der Waals surface area contributed by atoms with E-state index in [9.17, 15) is 19.4 Å². The Morgan fingerprint density at radius 1 is 1.07 bits per heavy atom. The summed E-state index contributed by atoms with van der Waals surface area (Å²) in [5, 5.41) is 23.2. The molecule has 8 heteroatoms. The fraction of sp³-hybridized carbons (Fsp3) is 0. The molecule has 4 aromatic rings. The zero-order chi connectivity index (χ0) is 19.8. The van der Waals surface area contributed by atoms with Crippen LogP contribution in [0, 0.1) is 5.82 Å². The minimum absolute atomic E-state index is 0.0818. The predicted octanol–water partition coefficient (Wildman–Crippen LogP) is 5.14. The van der Waals surface area contributed by atoms with Gasteiger partial charge in [-0.05, 0) is 54.1 Å². The van der Waals surface area contributed by atoms with Crippen LogP contribution in [-0.2, 0) is 0 Å². The molecule has 0 radical (unpaired) electrons. The molecule has 0 amide bonds. The number of benzene rings is 2. The van der Waals surface area contributed by atoms with E-state index < -0.39 is 23.2 Å². The summed E-state index contributed by atoms with van der Waals surface area (Å²) < 4.78 is 15.5. The molecule has 0 aliphatic carbocycles. The van der Waals surface area contributed by atoms with Gasteiger partial charge in [0.15, 0.2) is 16.7 Å². The number of aromatic hydroxyl groups is 2. The van der Waals surface area contributed by atoms with Crippen molar-refractivity contribution in [2.24, 2.45) is 0 Å². The summed E-state index contributed by atoms with van der Waals surface area (Å²) in [6.07, 6.45) is 1.54. The van der Waals surface area contributed by atoms with Crippen molar-refractivity contribution in [3.63, 3.8) is 0 Å². The highest BCUT2D eigenvalue weighted by atomic mass is 79.9. The standard InChI is InChI=1S/C20H12BrFN2O3S/c21-13-5-1-12(2-6-13)17(25)15-16(11-3-7-14(22)8-4-11)24(19(27)18(15)26)20-23-9-10-28-20/h1-10,26-27H. The molecule has 0 unspecified atom stereocenters. The van der Waals surface area contributed by atoms with Crippen molar-refractivity contribution in [3.05, 3.63) is 81.5 Å². The van der Waals surface area contributed by atoms with Crippen LogP contribution in [0.4, 0.5) is 4.39 Å². The van der Waals surface area contributed by atoms with Gasteiger partial charge in [-0.1, -0.05) is 15.9 Å². The number of thiazole rings is 1. The Labute approximate surface area is 171 Å². The molecule has 140 valence electrons. The van der Waals surface area contributed by atoms with Crippen molar-refractivity contribution in [1.82, 2.24) is 9.55 Å². The lowest BCUT2D eigenvalue weighted by Gasteiger charge is -2.09. The molecule has 0 spiro atoms. The molecule has 0 bridgehead atoms. The Hall–Kier alpha value is -2.97. The van der Waals surface area contributed by atoms with E-state index >= 15 is 0 Å². The lowest BCUT2D eigenvalue weighted by molar-refractivity contribution is 0.103. The van der Waals surface area contributed by atoms with Crippen LogP contribution in [-0.4, -0.2) is 25.5 Å². The number of carbonyl (C=O) groups is 1. The molecule has 0 fully saturated rings. The molecule has 2 heterocycles. The van der Waals surface area contributed by atoms with Crippen LogP contribution in [0.25, 0.3) is 16.4 Å². The van der Waals surface area contributed by atoms with Gasteiger partial charge in [-0.3, -0.25) is 9.36 Å². The van der Waals surface area contributed by atoms with Crippen LogP contribution in [0.2, 0.25) is 0 Å². The van der Waals surface area contributed by atoms with E-state index in [1.807, 2.05) is 0 Å². The molecule has 5 nitrogen and oxygen atoms in total. The molecule has 2 aromatic heterocycles. The summed E-state index contributed by atoms with van der Waals surface area (Å²) in [6, 6.07) is 12.1. The van der Waals surface area contributed by atoms with Crippen LogP contribution < -0.4 is 0 Å². The van der Waals surface area contributed by atoms with Gasteiger partial charge in [-0.15, -0.1) is 11.3 Å². The lowest BCUT2D eigenvalue weighted by Crippen LogP contribution is -2.04. The van der Waals surface area contributed by atoms with Crippen molar-refractivity contribution in [1.29, 1.82) is 0 Å². The van der Waals surface area contributed by atoms with Gasteiger partial charge in [0.1, 0.15) is 5.82 Å². The van der Waals surface area contributed by atoms with Gasteiger partial charge in [-0.2, -0.15) is 0 Å². The van der Waals surface area contributed by atoms with E-state index in [1.54, 1.807) is 35.8 Å². The van der Waals surface area contributed by atoms with Crippen LogP contribution in [0.15, 0.2) is 64.6 Å². The van der Waals surface area contributed by atoms with Gasteiger partial charge in [0.25, 0.3) is 0 Å². The molecule has 4 rings (SSSR count). The molecular weight excluding hydrogens is 447 g/mol. The third-order valence-electron chi connectivity index (χ3n) is 4.18. The van der Waals surface area contributed by atoms with Crippen LogP contribution in [0.1, 0.15) is 15.9 Å². The van der Waals surface area contributed by atoms with Gasteiger partial charge >= 0.3 is 0 Å². The zero-order valence-corrected chi connectivity index (χ0v) is 16.5. The second kappa shape index (κ2) is 7.21. The number of ketones is 1. The highest BCUT2D eigenvalue weighted by Gasteiger charge is 2.30. The molecule has 0 aliphatic heterocycles. The van der Waals surface area contributed by atoms with Crippen LogP contribution in [0.3, 0.4) is 0 Å². The van der Waals surface area contributed by atoms with Gasteiger partial charge < -0.3 is 10.2 Å². The average Bonchev–Trinajstić information content (AvgIpc) is 3.30. The van der Waals surface area contributed by atoms with Crippen molar-refractivity contribution in [3.8, 4) is 28.0 Å². The first-order chi connectivity index (χ1) is 13.5. The average molecular weight is 459 g/mol. The Morgan fingerprint density at radius 2 is 1.75 bits per heavy atom. The zero-order valence-electron chi connectivity index (χ0n) is 14.1. The van der Waals surface area contributed by atoms with Gasteiger partial charge in [0.2, 0.25) is 5.88 Å². The number of carbonyl (C=O) groups excluding carboxylic acids is 1. The summed E-state index contributed by atoms with van der Waals surface area (Å²) >= 11 is 4.54. The lowest BCUT2D eigenvalue weighted by atomic mass is 9.99. The summed E-state index contributed by atoms with van der Waals surface area (Å²) in [4.78, 5) is 17.4. The Balaban J connectivity index is 2.00. The molecule has 28 heavy (non-hydrogen) atoms. The molecule has 2 N–H and O–H groups in total. The molecule has 2 aromatic carbocycles. The van der Waals surface area contributed by atoms with Crippen LogP contribution in [0.5, 0.6) is 11.6 Å². The third kappa shape index (κ3) is 3.10. The Bertz CT molecular complexity index is 1150. The first kappa shape index (κ1) is 18.4. The summed E-state index contributed by atoms with van der Waals surface area (Å²) in [5.41, 5.74) is 0.935. The van der Waals surface area contributed by atoms with Crippen LogP contribution >= 0.6 is 27.3 Å². The first-order valence-corrected chi connectivity index (χ1v) is 9.77. The SMILES string of the molecule is O=C(c1ccc(Br)cc1)c1c(O)c(O)n(-c2nccs2)c1-c1ccc(F)cc1. The predicted molar refractivity (Wildman–Crippen MR) is 108 cm³/mol. The highest BCUT2D eigenvalue weighted by molar-refractivity contribution is 9.10. The quantitative estimate of drug-likeness (QED) is 0.415. The van der Waals surface area contributed by atoms with E-state index in [2.05, 4.69) is 20.9 Å². The highest BCUT2D eigenvalue weighted by Crippen LogP contribution is 2.44. The Morgan fingerprint density at radius 3 is 2.36 bits per heavy atom. The van der Waals surface area contributed by atoms with E-state index in [0.717, 1.165) is 4.47 Å². The fourth-order valence-electron chi connectivity index (χ4n) is 2.90. The van der Waals surface area contributed by atoms with E-state index in [-0.39, 0.29) is 11.3 Å². The molecular formula is C20H12BrFN2O3S. The molecule has 0 aliphatic rings. The first-order valence-electron chi connectivity index (χ1n) is 8.10. The summed E-state index contributed by atoms with van der Waals surface area (Å²) in [7, 11) is 0. The topological polar surface area (TPSA) is 75.3 Å². The normalized spacial score (nSPS) is 10.9. The number of hydrogen-bond acceptors (Lipinski definition) is 5. The smallest absolute Gasteiger partial charge is 0.242 e. The van der Waals surface area contributed by atoms with E-state index in [4.69, 9.17) is 0 Å². The number of aromatic nitrogens is 2. The Kier molecular flexibility index (Phi) is 4.74. The van der Waals surface area contributed by atoms with Crippen molar-refractivity contribution >= 4 is 33.0 Å². The maximum absolute atomic E-state index is 13.4. The van der Waals surface area contributed by atoms with E-state index in [1.165, 1.54) is 40.2 Å². The molecule has 0 saturated carbocycles. The van der Waals surface area contributed by atoms with E-state index in [0.29, 0.717) is 16.3 Å². The number of rotatable bonds is 4. The second-order valence-corrected chi connectivity index (χ2v) is 7.68. The molecule has 0 atom stereocenters. The monoisotopic (exact) mass is 458 g/mol. The van der Waals surface area contributed by atoms with Crippen molar-refractivity contribution in [2.45, 2.75) is 0 Å². The number of halogens is 2. The summed E-state index contributed by atoms with van der Waals surface area (Å²) in [6.45, 7) is 0.